The molecule has 5 nitrogen and oxygen atoms in total. The quantitative estimate of drug-likeness (QED) is 0.662. The van der Waals surface area contributed by atoms with Crippen LogP contribution in [-0.2, 0) is 6.67 Å². The van der Waals surface area contributed by atoms with E-state index >= 15 is 0 Å². The Morgan fingerprint density at radius 1 is 1.04 bits per heavy atom. The highest BCUT2D eigenvalue weighted by Gasteiger charge is 2.11. The van der Waals surface area contributed by atoms with Crippen LogP contribution in [0.4, 0.5) is 0 Å². The van der Waals surface area contributed by atoms with Crippen LogP contribution in [0.25, 0.3) is 11.4 Å². The molecule has 0 amide bonds. The first-order valence-electron chi connectivity index (χ1n) is 8.47. The molecule has 2 aromatic carbocycles. The summed E-state index contributed by atoms with van der Waals surface area (Å²) in [6.07, 6.45) is 0. The minimum absolute atomic E-state index is 0.633. The first-order chi connectivity index (χ1) is 12.1. The smallest absolute Gasteiger partial charge is 0.159 e. The van der Waals surface area contributed by atoms with Gasteiger partial charge in [0.25, 0.3) is 0 Å². The molecular formula is C20H24N4O. The fraction of sp³-hybridized carbons (Fsp3) is 0.300. The Balaban J connectivity index is 1.59. The molecule has 0 aliphatic rings. The van der Waals surface area contributed by atoms with Crippen LogP contribution in [0.3, 0.4) is 0 Å². The van der Waals surface area contributed by atoms with Crippen LogP contribution in [0, 0.1) is 13.8 Å². The topological polar surface area (TPSA) is 43.2 Å². The van der Waals surface area contributed by atoms with Crippen LogP contribution >= 0.6 is 0 Å². The molecule has 0 radical (unpaired) electrons. The second kappa shape index (κ2) is 7.94. The monoisotopic (exact) mass is 336 g/mol. The summed E-state index contributed by atoms with van der Waals surface area (Å²) in [6, 6.07) is 18.3. The Hall–Kier alpha value is -2.66. The third-order valence-corrected chi connectivity index (χ3v) is 3.92. The van der Waals surface area contributed by atoms with E-state index in [0.29, 0.717) is 13.3 Å². The first kappa shape index (κ1) is 17.2. The molecular weight excluding hydrogens is 312 g/mol. The van der Waals surface area contributed by atoms with Crippen LogP contribution in [0.2, 0.25) is 0 Å². The van der Waals surface area contributed by atoms with Crippen molar-refractivity contribution in [2.75, 3.05) is 20.2 Å². The van der Waals surface area contributed by atoms with Crippen LogP contribution < -0.4 is 4.74 Å². The number of benzene rings is 2. The van der Waals surface area contributed by atoms with E-state index in [9.17, 15) is 0 Å². The lowest BCUT2D eigenvalue weighted by atomic mass is 10.2. The molecule has 0 unspecified atom stereocenters. The molecule has 1 heterocycles. The van der Waals surface area contributed by atoms with Crippen molar-refractivity contribution in [3.8, 4) is 17.1 Å². The Bertz CT molecular complexity index is 814. The number of ether oxygens (including phenoxy) is 1. The molecule has 25 heavy (non-hydrogen) atoms. The van der Waals surface area contributed by atoms with E-state index in [-0.39, 0.29) is 0 Å². The first-order valence-corrected chi connectivity index (χ1v) is 8.47. The Morgan fingerprint density at radius 2 is 1.84 bits per heavy atom. The number of rotatable bonds is 7. The van der Waals surface area contributed by atoms with E-state index in [1.165, 1.54) is 5.56 Å². The van der Waals surface area contributed by atoms with Crippen molar-refractivity contribution in [3.05, 3.63) is 66.0 Å². The zero-order chi connectivity index (χ0) is 17.6. The summed E-state index contributed by atoms with van der Waals surface area (Å²) in [5.41, 5.74) is 2.28. The molecule has 0 saturated carbocycles. The average Bonchev–Trinajstić information content (AvgIpc) is 2.96. The molecule has 0 aliphatic heterocycles. The Morgan fingerprint density at radius 3 is 2.60 bits per heavy atom. The van der Waals surface area contributed by atoms with Gasteiger partial charge in [-0.2, -0.15) is 5.10 Å². The lowest BCUT2D eigenvalue weighted by Crippen LogP contribution is -2.27. The second-order valence-corrected chi connectivity index (χ2v) is 6.23. The molecule has 0 bridgehead atoms. The minimum Gasteiger partial charge on any atom is -0.492 e. The molecule has 130 valence electrons. The fourth-order valence-electron chi connectivity index (χ4n) is 2.68. The van der Waals surface area contributed by atoms with Crippen molar-refractivity contribution in [3.63, 3.8) is 0 Å². The van der Waals surface area contributed by atoms with Crippen molar-refractivity contribution in [2.45, 2.75) is 20.5 Å². The number of likely N-dealkylation sites (N-methyl/N-ethyl adjacent to an activating group) is 1. The van der Waals surface area contributed by atoms with Gasteiger partial charge in [-0.1, -0.05) is 42.5 Å². The summed E-state index contributed by atoms with van der Waals surface area (Å²) in [4.78, 5) is 6.74. The van der Waals surface area contributed by atoms with E-state index in [1.807, 2.05) is 48.0 Å². The van der Waals surface area contributed by atoms with Gasteiger partial charge in [0.1, 0.15) is 18.2 Å². The maximum absolute atomic E-state index is 5.83. The molecule has 0 saturated heterocycles. The van der Waals surface area contributed by atoms with Gasteiger partial charge in [-0.3, -0.25) is 4.90 Å². The minimum atomic E-state index is 0.633. The van der Waals surface area contributed by atoms with Crippen molar-refractivity contribution < 1.29 is 4.74 Å². The highest BCUT2D eigenvalue weighted by atomic mass is 16.5. The average molecular weight is 336 g/mol. The zero-order valence-electron chi connectivity index (χ0n) is 15.0. The van der Waals surface area contributed by atoms with Gasteiger partial charge in [0.15, 0.2) is 5.82 Å². The Labute approximate surface area is 148 Å². The van der Waals surface area contributed by atoms with Crippen molar-refractivity contribution >= 4 is 0 Å². The van der Waals surface area contributed by atoms with Gasteiger partial charge < -0.3 is 4.74 Å². The van der Waals surface area contributed by atoms with Crippen molar-refractivity contribution in [1.29, 1.82) is 0 Å². The number of nitrogens with zero attached hydrogens (tertiary/aromatic N) is 4. The van der Waals surface area contributed by atoms with Crippen LogP contribution in [0.1, 0.15) is 11.4 Å². The number of aromatic nitrogens is 3. The molecule has 5 heteroatoms. The summed E-state index contributed by atoms with van der Waals surface area (Å²) < 4.78 is 7.77. The SMILES string of the molecule is Cc1cccc(OCCN(C)Cn2nc(C)nc2-c2ccccc2)c1. The highest BCUT2D eigenvalue weighted by Crippen LogP contribution is 2.17. The second-order valence-electron chi connectivity index (χ2n) is 6.23. The van der Waals surface area contributed by atoms with Gasteiger partial charge in [0.2, 0.25) is 0 Å². The van der Waals surface area contributed by atoms with Gasteiger partial charge in [0.05, 0.1) is 6.67 Å². The van der Waals surface area contributed by atoms with E-state index < -0.39 is 0 Å². The molecule has 0 fully saturated rings. The van der Waals surface area contributed by atoms with E-state index in [2.05, 4.69) is 47.2 Å². The van der Waals surface area contributed by atoms with E-state index in [1.54, 1.807) is 0 Å². The summed E-state index contributed by atoms with van der Waals surface area (Å²) >= 11 is 0. The Kier molecular flexibility index (Phi) is 5.46. The van der Waals surface area contributed by atoms with Gasteiger partial charge in [0, 0.05) is 12.1 Å². The zero-order valence-corrected chi connectivity index (χ0v) is 15.0. The maximum Gasteiger partial charge on any atom is 0.159 e. The lowest BCUT2D eigenvalue weighted by molar-refractivity contribution is 0.199. The third kappa shape index (κ3) is 4.67. The van der Waals surface area contributed by atoms with Crippen LogP contribution in [0.5, 0.6) is 5.75 Å². The number of hydrogen-bond donors (Lipinski definition) is 0. The van der Waals surface area contributed by atoms with Crippen molar-refractivity contribution in [2.24, 2.45) is 0 Å². The number of aryl methyl sites for hydroxylation is 2. The molecule has 0 spiro atoms. The predicted octanol–water partition coefficient (Wildman–Crippen LogP) is 3.53. The van der Waals surface area contributed by atoms with Gasteiger partial charge >= 0.3 is 0 Å². The summed E-state index contributed by atoms with van der Waals surface area (Å²) in [7, 11) is 2.06. The van der Waals surface area contributed by atoms with E-state index in [4.69, 9.17) is 4.74 Å². The van der Waals surface area contributed by atoms with Crippen LogP contribution in [-0.4, -0.2) is 39.9 Å². The van der Waals surface area contributed by atoms with Gasteiger partial charge in [-0.05, 0) is 38.6 Å². The molecule has 1 aromatic heterocycles. The fourth-order valence-corrected chi connectivity index (χ4v) is 2.68. The van der Waals surface area contributed by atoms with Crippen LogP contribution in [0.15, 0.2) is 54.6 Å². The molecule has 0 aliphatic carbocycles. The lowest BCUT2D eigenvalue weighted by Gasteiger charge is -2.18. The van der Waals surface area contributed by atoms with Gasteiger partial charge in [-0.25, -0.2) is 9.67 Å². The normalized spacial score (nSPS) is 11.0. The summed E-state index contributed by atoms with van der Waals surface area (Å²) in [5, 5.41) is 4.53. The largest absolute Gasteiger partial charge is 0.492 e. The van der Waals surface area contributed by atoms with Gasteiger partial charge in [-0.15, -0.1) is 0 Å². The number of hydrogen-bond acceptors (Lipinski definition) is 4. The predicted molar refractivity (Wildman–Crippen MR) is 99.5 cm³/mol. The highest BCUT2D eigenvalue weighted by molar-refractivity contribution is 5.54. The summed E-state index contributed by atoms with van der Waals surface area (Å²) in [5.74, 6) is 2.59. The maximum atomic E-state index is 5.83. The molecule has 0 atom stereocenters. The molecule has 0 N–H and O–H groups in total. The molecule has 3 rings (SSSR count). The van der Waals surface area contributed by atoms with E-state index in [0.717, 1.165) is 29.5 Å². The van der Waals surface area contributed by atoms with Crippen molar-refractivity contribution in [1.82, 2.24) is 19.7 Å². The standard InChI is InChI=1S/C20H24N4O/c1-16-8-7-11-19(14-16)25-13-12-23(3)15-24-20(21-17(2)22-24)18-9-5-4-6-10-18/h4-11,14H,12-13,15H2,1-3H3. The molecule has 3 aromatic rings. The third-order valence-electron chi connectivity index (χ3n) is 3.92. The summed E-state index contributed by atoms with van der Waals surface area (Å²) in [6.45, 7) is 6.10.